The number of aromatic nitrogens is 6. The maximum atomic E-state index is 9.87. The van der Waals surface area contributed by atoms with E-state index in [4.69, 9.17) is 0 Å². The van der Waals surface area contributed by atoms with E-state index >= 15 is 0 Å². The molecule has 0 unspecified atom stereocenters. The Morgan fingerprint density at radius 3 is 0.734 bits per heavy atom. The Hall–Kier alpha value is -5.30. The average molecular weight is 1440 g/mol. The topological polar surface area (TPSA) is 163 Å². The van der Waals surface area contributed by atoms with Gasteiger partial charge in [-0.15, -0.1) is 0 Å². The molecule has 6 aromatic rings. The Morgan fingerprint density at radius 1 is 0.342 bits per heavy atom. The molecule has 6 rings (SSSR count). The molecule has 6 heterocycles. The monoisotopic (exact) mass is 1440 g/mol. The van der Waals surface area contributed by atoms with Crippen molar-refractivity contribution in [1.82, 2.24) is 29.9 Å². The number of anilines is 4. The molecule has 0 aliphatic heterocycles. The molecule has 12 nitrogen and oxygen atoms in total. The van der Waals surface area contributed by atoms with E-state index in [1.165, 1.54) is 11.1 Å². The molecule has 0 saturated heterocycles. The van der Waals surface area contributed by atoms with E-state index in [1.54, 1.807) is 37.2 Å². The van der Waals surface area contributed by atoms with Gasteiger partial charge < -0.3 is 31.9 Å². The van der Waals surface area contributed by atoms with Crippen molar-refractivity contribution in [3.8, 4) is 34.2 Å². The van der Waals surface area contributed by atoms with Gasteiger partial charge in [-0.3, -0.25) is 29.9 Å². The van der Waals surface area contributed by atoms with Crippen molar-refractivity contribution < 1.29 is 132 Å². The fourth-order valence-electron chi connectivity index (χ4n) is 4.67. The summed E-state index contributed by atoms with van der Waals surface area (Å²) in [7, 11) is -30.8. The molecule has 0 spiro atoms. The molecule has 0 amide bonds. The van der Waals surface area contributed by atoms with Crippen LogP contribution >= 0.6 is 31.2 Å². The van der Waals surface area contributed by atoms with E-state index in [2.05, 4.69) is 52.0 Å². The molecule has 456 valence electrons. The van der Waals surface area contributed by atoms with Crippen LogP contribution in [0.5, 0.6) is 0 Å². The minimum atomic E-state index is -10.7. The molecule has 0 aliphatic rings. The molecule has 0 aromatic carbocycles. The number of quaternary nitrogens is 2. The number of nitrogens with one attached hydrogen (secondary N) is 2. The van der Waals surface area contributed by atoms with E-state index < -0.39 is 31.2 Å². The van der Waals surface area contributed by atoms with Gasteiger partial charge in [0.15, 0.2) is 0 Å². The molecule has 41 heteroatoms. The second kappa shape index (κ2) is 24.0. The van der Waals surface area contributed by atoms with Gasteiger partial charge in [-0.2, -0.15) is 0 Å². The van der Waals surface area contributed by atoms with Crippen LogP contribution in [-0.4, -0.2) is 72.2 Å². The zero-order valence-corrected chi connectivity index (χ0v) is 47.1. The second-order valence-corrected chi connectivity index (χ2v) is 23.0. The van der Waals surface area contributed by atoms with Gasteiger partial charge in [0.2, 0.25) is 0 Å². The number of halogens is 24. The Kier molecular flexibility index (Phi) is 23.0. The van der Waals surface area contributed by atoms with Gasteiger partial charge in [0.1, 0.15) is 0 Å². The Bertz CT molecular complexity index is 2610. The second-order valence-electron chi connectivity index (χ2n) is 15.4. The minimum Gasteiger partial charge on any atom is -0.354 e. The summed E-state index contributed by atoms with van der Waals surface area (Å²) in [6.45, 7) is 1.54. The largest absolute Gasteiger partial charge is 2.00 e. The predicted octanol–water partition coefficient (Wildman–Crippen LogP) is 17.7. The van der Waals surface area contributed by atoms with Crippen LogP contribution in [0.2, 0.25) is 0 Å². The number of pyridine rings is 6. The van der Waals surface area contributed by atoms with Crippen molar-refractivity contribution in [3.63, 3.8) is 0 Å². The van der Waals surface area contributed by atoms with E-state index in [-0.39, 0.29) is 19.8 Å². The Labute approximate surface area is 445 Å². The van der Waals surface area contributed by atoms with Gasteiger partial charge in [-0.25, -0.2) is 0 Å². The molecule has 6 aromatic heterocycles. The third-order valence-electron chi connectivity index (χ3n) is 7.63. The van der Waals surface area contributed by atoms with Crippen molar-refractivity contribution in [1.29, 1.82) is 0 Å². The fourth-order valence-corrected chi connectivity index (χ4v) is 4.67. The summed E-state index contributed by atoms with van der Waals surface area (Å²) in [6.07, 6.45) is 10.8. The van der Waals surface area contributed by atoms with Crippen LogP contribution in [0.3, 0.4) is 0 Å². The molecule has 0 aliphatic carbocycles. The standard InChI is InChI=1S/2C13H16N4.C12H14N4.4F6P.Os/c2*1-14-10-4-6-15-12(8-10)13-9-11(17(2)3)5-7-16-13;13-7-9-1-3-15-11(5-9)12-6-10(8-14)2-4-16-12;4*1-7(2,3,4,5)6;/h2*4-9H,1-3H3,(H,14,15);1-6H,7-8,13-14H2;;;;;/q;;;4*-1;+2/p+2. The van der Waals surface area contributed by atoms with Crippen LogP contribution in [-0.2, 0) is 32.9 Å². The molecule has 0 bridgehead atoms. The Morgan fingerprint density at radius 2 is 0.532 bits per heavy atom. The van der Waals surface area contributed by atoms with Crippen molar-refractivity contribution in [2.45, 2.75) is 13.1 Å². The van der Waals surface area contributed by atoms with Gasteiger partial charge in [-0.1, -0.05) is 0 Å². The van der Waals surface area contributed by atoms with Gasteiger partial charge in [0, 0.05) is 113 Å². The zero-order valence-electron chi connectivity index (χ0n) is 41.0. The average Bonchev–Trinajstić information content (AvgIpc) is 3.25. The number of rotatable bonds is 9. The first kappa shape index (κ1) is 75.8. The summed E-state index contributed by atoms with van der Waals surface area (Å²) in [5.74, 6) is 0. The molecule has 79 heavy (non-hydrogen) atoms. The van der Waals surface area contributed by atoms with Crippen LogP contribution < -0.4 is 31.9 Å². The zero-order chi connectivity index (χ0) is 61.5. The normalized spacial score (nSPS) is 14.6. The van der Waals surface area contributed by atoms with Crippen molar-refractivity contribution in [2.24, 2.45) is 0 Å². The van der Waals surface area contributed by atoms with Crippen LogP contribution in [0, 0.1) is 0 Å². The maximum absolute atomic E-state index is 10.7. The summed E-state index contributed by atoms with van der Waals surface area (Å²) in [6, 6.07) is 23.9. The number of hydrogen-bond donors (Lipinski definition) is 4. The summed E-state index contributed by atoms with van der Waals surface area (Å²) in [4.78, 5) is 30.1. The Balaban J connectivity index is 0. The van der Waals surface area contributed by atoms with Crippen molar-refractivity contribution >= 4 is 54.0 Å². The van der Waals surface area contributed by atoms with E-state index in [9.17, 15) is 101 Å². The SMILES string of the molecule is CNc1ccnc(-c2cc(N(C)C)ccn2)c1.CNc1ccnc(-c2cc(N(C)C)ccn2)c1.F[P-](F)(F)(F)(F)F.F[P-](F)(F)(F)(F)F.F[P-](F)(F)(F)(F)F.F[P-](F)(F)(F)(F)F.[NH3+]Cc1ccnc(-c2cc(C[NH3+])ccn2)c1.[Os+2]. The first-order valence-electron chi connectivity index (χ1n) is 20.3. The van der Waals surface area contributed by atoms with Crippen LogP contribution in [0.15, 0.2) is 110 Å². The molecule has 0 atom stereocenters. The molecule has 0 radical (unpaired) electrons. The molecule has 0 fully saturated rings. The van der Waals surface area contributed by atoms with E-state index in [1.807, 2.05) is 125 Å². The smallest absolute Gasteiger partial charge is 0.354 e. The summed E-state index contributed by atoms with van der Waals surface area (Å²) in [5, 5.41) is 6.19. The first-order valence-corrected chi connectivity index (χ1v) is 28.5. The summed E-state index contributed by atoms with van der Waals surface area (Å²) < 4.78 is 237. The number of nitrogens with zero attached hydrogens (tertiary/aromatic N) is 8. The van der Waals surface area contributed by atoms with Gasteiger partial charge in [0.25, 0.3) is 0 Å². The third kappa shape index (κ3) is 53.1. The molecular formula is C38H48F24N12OsP4. The van der Waals surface area contributed by atoms with E-state index in [0.717, 1.165) is 70.0 Å². The van der Waals surface area contributed by atoms with Crippen molar-refractivity contribution in [2.75, 3.05) is 62.7 Å². The van der Waals surface area contributed by atoms with Crippen LogP contribution in [0.25, 0.3) is 34.2 Å². The van der Waals surface area contributed by atoms with Crippen molar-refractivity contribution in [3.05, 3.63) is 121 Å². The summed E-state index contributed by atoms with van der Waals surface area (Å²) >= 11 is 0. The molecule has 0 saturated carbocycles. The maximum Gasteiger partial charge on any atom is 2.00 e. The molecular weight excluding hydrogens is 1390 g/mol. The van der Waals surface area contributed by atoms with Gasteiger partial charge >= 0.3 is 152 Å². The molecule has 8 N–H and O–H groups in total. The predicted molar refractivity (Wildman–Crippen MR) is 258 cm³/mol. The fraction of sp³-hybridized carbons (Fsp3) is 0.211. The third-order valence-corrected chi connectivity index (χ3v) is 7.63. The number of hydrogen-bond acceptors (Lipinski definition) is 10. The van der Waals surface area contributed by atoms with Gasteiger partial charge in [-0.05, 0) is 72.8 Å². The quantitative estimate of drug-likeness (QED) is 0.0809. The minimum absolute atomic E-state index is 0. The van der Waals surface area contributed by atoms with E-state index in [0.29, 0.717) is 0 Å². The first-order chi connectivity index (χ1) is 34.0. The summed E-state index contributed by atoms with van der Waals surface area (Å²) in [5.41, 5.74) is 19.7. The van der Waals surface area contributed by atoms with Crippen LogP contribution in [0.1, 0.15) is 11.1 Å². The van der Waals surface area contributed by atoms with Gasteiger partial charge in [0.05, 0.1) is 47.3 Å². The van der Waals surface area contributed by atoms with Crippen LogP contribution in [0.4, 0.5) is 123 Å².